The lowest BCUT2D eigenvalue weighted by atomic mass is 10.1. The summed E-state index contributed by atoms with van der Waals surface area (Å²) in [6.07, 6.45) is 3.03. The highest BCUT2D eigenvalue weighted by Crippen LogP contribution is 2.16. The minimum atomic E-state index is -0.684. The molecule has 0 saturated heterocycles. The standard InChI is InChI=1S/C18H24N4O3/c1-4-13-6-8-14(9-7-13)22-17(24)15(16(23)20-18(22)25)12-19-10-5-11-21(2)3/h6-9,12,24H,4-5,10-11H2,1-3H3,(H,20,23,25). The number of aliphatic imine (C=N–C) groups is 1. The second-order valence-corrected chi connectivity index (χ2v) is 6.04. The number of benzene rings is 1. The lowest BCUT2D eigenvalue weighted by Crippen LogP contribution is -2.31. The van der Waals surface area contributed by atoms with Crippen molar-refractivity contribution in [3.8, 4) is 11.6 Å². The first-order chi connectivity index (χ1) is 11.9. The molecular weight excluding hydrogens is 320 g/mol. The van der Waals surface area contributed by atoms with Crippen LogP contribution >= 0.6 is 0 Å². The second-order valence-electron chi connectivity index (χ2n) is 6.04. The van der Waals surface area contributed by atoms with Crippen molar-refractivity contribution in [3.05, 3.63) is 56.2 Å². The Balaban J connectivity index is 2.34. The fraction of sp³-hybridized carbons (Fsp3) is 0.389. The average Bonchev–Trinajstić information content (AvgIpc) is 2.57. The van der Waals surface area contributed by atoms with E-state index in [0.717, 1.165) is 29.5 Å². The van der Waals surface area contributed by atoms with E-state index >= 15 is 0 Å². The van der Waals surface area contributed by atoms with Gasteiger partial charge in [0.05, 0.1) is 5.69 Å². The maximum atomic E-state index is 12.1. The molecule has 2 N–H and O–H groups in total. The van der Waals surface area contributed by atoms with Gasteiger partial charge in [0.15, 0.2) is 0 Å². The number of aromatic hydroxyl groups is 1. The summed E-state index contributed by atoms with van der Waals surface area (Å²) in [7, 11) is 3.94. The van der Waals surface area contributed by atoms with E-state index in [0.29, 0.717) is 12.2 Å². The molecule has 0 spiro atoms. The highest BCUT2D eigenvalue weighted by Gasteiger charge is 2.14. The highest BCUT2D eigenvalue weighted by molar-refractivity contribution is 5.82. The molecule has 1 aromatic carbocycles. The number of aryl methyl sites for hydroxylation is 1. The average molecular weight is 344 g/mol. The Morgan fingerprint density at radius 2 is 1.92 bits per heavy atom. The highest BCUT2D eigenvalue weighted by atomic mass is 16.3. The third-order valence-electron chi connectivity index (χ3n) is 3.84. The number of nitrogens with zero attached hydrogens (tertiary/aromatic N) is 3. The van der Waals surface area contributed by atoms with Gasteiger partial charge in [-0.15, -0.1) is 0 Å². The second kappa shape index (κ2) is 8.43. The monoisotopic (exact) mass is 344 g/mol. The molecule has 0 unspecified atom stereocenters. The molecule has 0 aliphatic rings. The molecule has 134 valence electrons. The van der Waals surface area contributed by atoms with Gasteiger partial charge in [-0.1, -0.05) is 19.1 Å². The van der Waals surface area contributed by atoms with Gasteiger partial charge in [-0.05, 0) is 51.2 Å². The van der Waals surface area contributed by atoms with Crippen LogP contribution in [0.25, 0.3) is 5.69 Å². The molecule has 0 saturated carbocycles. The molecule has 0 amide bonds. The Morgan fingerprint density at radius 1 is 1.24 bits per heavy atom. The van der Waals surface area contributed by atoms with Crippen LogP contribution < -0.4 is 11.2 Å². The number of rotatable bonds is 7. The van der Waals surface area contributed by atoms with Crippen LogP contribution in [0.3, 0.4) is 0 Å². The van der Waals surface area contributed by atoms with Crippen molar-refractivity contribution >= 4 is 6.21 Å². The predicted octanol–water partition coefficient (Wildman–Crippen LogP) is 1.16. The Kier molecular flexibility index (Phi) is 6.30. The zero-order valence-electron chi connectivity index (χ0n) is 14.8. The summed E-state index contributed by atoms with van der Waals surface area (Å²) >= 11 is 0. The first-order valence-corrected chi connectivity index (χ1v) is 8.26. The van der Waals surface area contributed by atoms with Crippen molar-refractivity contribution in [2.75, 3.05) is 27.2 Å². The lowest BCUT2D eigenvalue weighted by molar-refractivity contribution is 0.403. The van der Waals surface area contributed by atoms with Crippen LogP contribution in [0.5, 0.6) is 5.88 Å². The summed E-state index contributed by atoms with van der Waals surface area (Å²) in [5, 5.41) is 10.4. The van der Waals surface area contributed by atoms with Gasteiger partial charge in [0.25, 0.3) is 5.56 Å². The van der Waals surface area contributed by atoms with E-state index < -0.39 is 17.1 Å². The number of hydrogen-bond acceptors (Lipinski definition) is 5. The summed E-state index contributed by atoms with van der Waals surface area (Å²) in [6.45, 7) is 3.44. The van der Waals surface area contributed by atoms with Crippen molar-refractivity contribution in [1.29, 1.82) is 0 Å². The van der Waals surface area contributed by atoms with Gasteiger partial charge in [-0.2, -0.15) is 0 Å². The number of aromatic nitrogens is 2. The summed E-state index contributed by atoms with van der Waals surface area (Å²) in [6, 6.07) is 7.22. The smallest absolute Gasteiger partial charge is 0.335 e. The summed E-state index contributed by atoms with van der Waals surface area (Å²) < 4.78 is 1.07. The SMILES string of the molecule is CCc1ccc(-n2c(O)c(C=NCCCN(C)C)c(=O)[nH]c2=O)cc1. The minimum Gasteiger partial charge on any atom is -0.493 e. The van der Waals surface area contributed by atoms with Crippen molar-refractivity contribution in [2.45, 2.75) is 19.8 Å². The van der Waals surface area contributed by atoms with Crippen LogP contribution in [0.15, 0.2) is 38.8 Å². The molecule has 0 aliphatic heterocycles. The molecule has 7 heteroatoms. The quantitative estimate of drug-likeness (QED) is 0.583. The molecule has 0 fully saturated rings. The Morgan fingerprint density at radius 3 is 2.52 bits per heavy atom. The van der Waals surface area contributed by atoms with Gasteiger partial charge in [0.1, 0.15) is 5.56 Å². The van der Waals surface area contributed by atoms with Gasteiger partial charge in [0, 0.05) is 12.8 Å². The fourth-order valence-electron chi connectivity index (χ4n) is 2.41. The van der Waals surface area contributed by atoms with Gasteiger partial charge >= 0.3 is 5.69 Å². The summed E-state index contributed by atoms with van der Waals surface area (Å²) in [4.78, 5) is 32.6. The number of aromatic amines is 1. The number of H-pyrrole nitrogens is 1. The Hall–Kier alpha value is -2.67. The third-order valence-corrected chi connectivity index (χ3v) is 3.84. The zero-order valence-corrected chi connectivity index (χ0v) is 14.8. The maximum absolute atomic E-state index is 12.1. The van der Waals surface area contributed by atoms with E-state index in [2.05, 4.69) is 9.98 Å². The van der Waals surface area contributed by atoms with Crippen LogP contribution in [0.1, 0.15) is 24.5 Å². The maximum Gasteiger partial charge on any atom is 0.335 e. The molecule has 1 heterocycles. The summed E-state index contributed by atoms with van der Waals surface area (Å²) in [5.41, 5.74) is 0.238. The van der Waals surface area contributed by atoms with Gasteiger partial charge in [0.2, 0.25) is 5.88 Å². The molecule has 25 heavy (non-hydrogen) atoms. The van der Waals surface area contributed by atoms with Gasteiger partial charge < -0.3 is 10.0 Å². The molecule has 1 aromatic heterocycles. The number of hydrogen-bond donors (Lipinski definition) is 2. The molecule has 0 atom stereocenters. The van der Waals surface area contributed by atoms with Crippen molar-refractivity contribution in [2.24, 2.45) is 4.99 Å². The fourth-order valence-corrected chi connectivity index (χ4v) is 2.41. The largest absolute Gasteiger partial charge is 0.493 e. The van der Waals surface area contributed by atoms with Crippen LogP contribution in [-0.4, -0.2) is 53.0 Å². The van der Waals surface area contributed by atoms with Crippen molar-refractivity contribution < 1.29 is 5.11 Å². The van der Waals surface area contributed by atoms with E-state index in [1.54, 1.807) is 12.1 Å². The van der Waals surface area contributed by atoms with E-state index in [1.807, 2.05) is 38.1 Å². The Bertz CT molecular complexity index is 848. The van der Waals surface area contributed by atoms with E-state index in [9.17, 15) is 14.7 Å². The van der Waals surface area contributed by atoms with Crippen LogP contribution in [-0.2, 0) is 6.42 Å². The molecule has 2 aromatic rings. The van der Waals surface area contributed by atoms with E-state index in [1.165, 1.54) is 6.21 Å². The molecular formula is C18H24N4O3. The first kappa shape index (κ1) is 18.7. The first-order valence-electron chi connectivity index (χ1n) is 8.26. The van der Waals surface area contributed by atoms with Gasteiger partial charge in [-0.25, -0.2) is 9.36 Å². The molecule has 0 bridgehead atoms. The summed E-state index contributed by atoms with van der Waals surface area (Å²) in [5.74, 6) is -0.408. The lowest BCUT2D eigenvalue weighted by Gasteiger charge is -2.10. The molecule has 0 radical (unpaired) electrons. The third kappa shape index (κ3) is 4.67. The normalized spacial score (nSPS) is 11.5. The van der Waals surface area contributed by atoms with E-state index in [-0.39, 0.29) is 5.56 Å². The van der Waals surface area contributed by atoms with Crippen LogP contribution in [0, 0.1) is 0 Å². The van der Waals surface area contributed by atoms with Crippen LogP contribution in [0.2, 0.25) is 0 Å². The zero-order chi connectivity index (χ0) is 18.4. The molecule has 2 rings (SSSR count). The number of nitrogens with one attached hydrogen (secondary N) is 1. The van der Waals surface area contributed by atoms with Gasteiger partial charge in [-0.3, -0.25) is 14.8 Å². The molecule has 7 nitrogen and oxygen atoms in total. The van der Waals surface area contributed by atoms with Crippen LogP contribution in [0.4, 0.5) is 0 Å². The predicted molar refractivity (Wildman–Crippen MR) is 99.3 cm³/mol. The minimum absolute atomic E-state index is 0.0241. The van der Waals surface area contributed by atoms with E-state index in [4.69, 9.17) is 0 Å². The topological polar surface area (TPSA) is 90.7 Å². The molecule has 0 aliphatic carbocycles. The van der Waals surface area contributed by atoms with Crippen molar-refractivity contribution in [3.63, 3.8) is 0 Å². The van der Waals surface area contributed by atoms with Crippen molar-refractivity contribution in [1.82, 2.24) is 14.5 Å². The Labute approximate surface area is 146 Å².